The second kappa shape index (κ2) is 6.85. The number of nitrogens with zero attached hydrogens (tertiary/aromatic N) is 1. The number of H-pyrrole nitrogens is 1. The molecule has 0 unspecified atom stereocenters. The van der Waals surface area contributed by atoms with Crippen molar-refractivity contribution >= 4 is 27.5 Å². The first-order chi connectivity index (χ1) is 10.2. The Balaban J connectivity index is 0.000000774. The average molecular weight is 307 g/mol. The number of aromatic nitrogens is 2. The fourth-order valence-corrected chi connectivity index (χ4v) is 3.69. The molecule has 5 nitrogen and oxygen atoms in total. The summed E-state index contributed by atoms with van der Waals surface area (Å²) in [5.41, 5.74) is 0.945. The van der Waals surface area contributed by atoms with Crippen molar-refractivity contribution in [2.24, 2.45) is 0 Å². The van der Waals surface area contributed by atoms with E-state index in [4.69, 9.17) is 0 Å². The molecule has 2 aromatic rings. The summed E-state index contributed by atoms with van der Waals surface area (Å²) >= 11 is 1.54. The Hall–Kier alpha value is -1.69. The number of nitrogens with one attached hydrogen (secondary N) is 2. The summed E-state index contributed by atoms with van der Waals surface area (Å²) in [5.74, 6) is -0.194. The van der Waals surface area contributed by atoms with Gasteiger partial charge in [0.15, 0.2) is 0 Å². The van der Waals surface area contributed by atoms with Crippen LogP contribution in [-0.4, -0.2) is 22.4 Å². The monoisotopic (exact) mass is 307 g/mol. The molecule has 0 radical (unpaired) electrons. The molecule has 114 valence electrons. The summed E-state index contributed by atoms with van der Waals surface area (Å²) in [6.45, 7) is 6.56. The predicted molar refractivity (Wildman–Crippen MR) is 86.2 cm³/mol. The number of hydrogen-bond acceptors (Lipinski definition) is 4. The van der Waals surface area contributed by atoms with Crippen molar-refractivity contribution < 1.29 is 4.79 Å². The van der Waals surface area contributed by atoms with Gasteiger partial charge in [-0.05, 0) is 31.2 Å². The van der Waals surface area contributed by atoms with E-state index in [1.807, 2.05) is 20.8 Å². The van der Waals surface area contributed by atoms with Gasteiger partial charge in [0.2, 0.25) is 5.82 Å². The molecule has 1 aliphatic rings. The smallest absolute Gasteiger partial charge is 0.287 e. The molecule has 0 atom stereocenters. The minimum absolute atomic E-state index is 0.117. The number of hydrogen-bond donors (Lipinski definition) is 2. The lowest BCUT2D eigenvalue weighted by molar-refractivity contribution is 0.0943. The third-order valence-electron chi connectivity index (χ3n) is 3.33. The standard InChI is InChI=1S/C13H15N3O2S.C2H6/c1-2-6-14-12(18)10-15-11(17)9-7-4-3-5-8(7)19-13(9)16-10;1-2/h2-6H2,1H3,(H,14,18)(H,15,16,17);1-2H3. The zero-order valence-corrected chi connectivity index (χ0v) is 13.5. The molecule has 0 aromatic carbocycles. The molecule has 21 heavy (non-hydrogen) atoms. The molecule has 3 rings (SSSR count). The second-order valence-electron chi connectivity index (χ2n) is 4.71. The average Bonchev–Trinajstić information content (AvgIpc) is 3.06. The third kappa shape index (κ3) is 3.00. The molecule has 6 heteroatoms. The molecule has 2 heterocycles. The maximum absolute atomic E-state index is 12.1. The minimum atomic E-state index is -0.311. The van der Waals surface area contributed by atoms with Crippen LogP contribution < -0.4 is 10.9 Å². The van der Waals surface area contributed by atoms with Crippen molar-refractivity contribution in [3.8, 4) is 0 Å². The number of fused-ring (bicyclic) bond motifs is 3. The molecule has 0 saturated heterocycles. The number of aryl methyl sites for hydroxylation is 2. The lowest BCUT2D eigenvalue weighted by Gasteiger charge is -2.02. The Bertz CT molecular complexity index is 703. The quantitative estimate of drug-likeness (QED) is 0.915. The Labute approximate surface area is 127 Å². The van der Waals surface area contributed by atoms with E-state index >= 15 is 0 Å². The van der Waals surface area contributed by atoms with Gasteiger partial charge in [-0.15, -0.1) is 11.3 Å². The predicted octanol–water partition coefficient (Wildman–Crippen LogP) is 2.64. The van der Waals surface area contributed by atoms with Crippen LogP contribution in [0.25, 0.3) is 10.2 Å². The molecular formula is C15H21N3O2S. The summed E-state index contributed by atoms with van der Waals surface area (Å²) in [6.07, 6.45) is 3.93. The van der Waals surface area contributed by atoms with Crippen LogP contribution in [0.4, 0.5) is 0 Å². The normalized spacial score (nSPS) is 12.7. The molecule has 0 bridgehead atoms. The number of thiophene rings is 1. The molecule has 0 saturated carbocycles. The molecule has 2 aromatic heterocycles. The van der Waals surface area contributed by atoms with E-state index in [1.165, 1.54) is 4.88 Å². The number of rotatable bonds is 3. The first-order valence-electron chi connectivity index (χ1n) is 7.53. The van der Waals surface area contributed by atoms with Crippen LogP contribution in [-0.2, 0) is 12.8 Å². The van der Waals surface area contributed by atoms with Crippen LogP contribution in [0, 0.1) is 0 Å². The van der Waals surface area contributed by atoms with Gasteiger partial charge in [-0.25, -0.2) is 4.98 Å². The Morgan fingerprint density at radius 3 is 2.86 bits per heavy atom. The van der Waals surface area contributed by atoms with Crippen LogP contribution >= 0.6 is 11.3 Å². The maximum atomic E-state index is 12.1. The highest BCUT2D eigenvalue weighted by atomic mass is 32.1. The van der Waals surface area contributed by atoms with Crippen LogP contribution in [0.3, 0.4) is 0 Å². The third-order valence-corrected chi connectivity index (χ3v) is 4.51. The molecule has 0 aliphatic heterocycles. The summed E-state index contributed by atoms with van der Waals surface area (Å²) < 4.78 is 0. The molecule has 0 spiro atoms. The summed E-state index contributed by atoms with van der Waals surface area (Å²) in [4.78, 5) is 32.8. The van der Waals surface area contributed by atoms with Gasteiger partial charge in [0, 0.05) is 11.4 Å². The Kier molecular flexibility index (Phi) is 5.12. The molecule has 2 N–H and O–H groups in total. The van der Waals surface area contributed by atoms with Crippen molar-refractivity contribution in [2.45, 2.75) is 46.5 Å². The van der Waals surface area contributed by atoms with Gasteiger partial charge >= 0.3 is 0 Å². The zero-order valence-electron chi connectivity index (χ0n) is 12.7. The van der Waals surface area contributed by atoms with E-state index in [2.05, 4.69) is 15.3 Å². The van der Waals surface area contributed by atoms with Gasteiger partial charge in [0.05, 0.1) is 5.39 Å². The highest BCUT2D eigenvalue weighted by Gasteiger charge is 2.22. The molecule has 1 amide bonds. The fraction of sp³-hybridized carbons (Fsp3) is 0.533. The van der Waals surface area contributed by atoms with Crippen LogP contribution in [0.5, 0.6) is 0 Å². The van der Waals surface area contributed by atoms with E-state index in [9.17, 15) is 9.59 Å². The second-order valence-corrected chi connectivity index (χ2v) is 5.79. The van der Waals surface area contributed by atoms with Crippen LogP contribution in [0.2, 0.25) is 0 Å². The Morgan fingerprint density at radius 2 is 2.14 bits per heavy atom. The molecule has 0 fully saturated rings. The lowest BCUT2D eigenvalue weighted by Crippen LogP contribution is -2.28. The zero-order chi connectivity index (χ0) is 15.4. The van der Waals surface area contributed by atoms with Gasteiger partial charge in [-0.1, -0.05) is 20.8 Å². The van der Waals surface area contributed by atoms with Crippen molar-refractivity contribution in [1.82, 2.24) is 15.3 Å². The van der Waals surface area contributed by atoms with E-state index in [1.54, 1.807) is 11.3 Å². The lowest BCUT2D eigenvalue weighted by atomic mass is 10.2. The fourth-order valence-electron chi connectivity index (χ4n) is 2.43. The van der Waals surface area contributed by atoms with Gasteiger partial charge in [-0.3, -0.25) is 9.59 Å². The summed E-state index contributed by atoms with van der Waals surface area (Å²) in [5, 5.41) is 3.41. The van der Waals surface area contributed by atoms with Crippen molar-refractivity contribution in [3.63, 3.8) is 0 Å². The van der Waals surface area contributed by atoms with Crippen molar-refractivity contribution in [1.29, 1.82) is 0 Å². The molecule has 1 aliphatic carbocycles. The summed E-state index contributed by atoms with van der Waals surface area (Å²) in [6, 6.07) is 0. The topological polar surface area (TPSA) is 74.8 Å². The van der Waals surface area contributed by atoms with Crippen molar-refractivity contribution in [3.05, 3.63) is 26.6 Å². The number of amides is 1. The van der Waals surface area contributed by atoms with E-state index in [0.29, 0.717) is 16.8 Å². The van der Waals surface area contributed by atoms with Gasteiger partial charge in [0.1, 0.15) is 4.83 Å². The van der Waals surface area contributed by atoms with E-state index < -0.39 is 0 Å². The van der Waals surface area contributed by atoms with E-state index in [0.717, 1.165) is 31.2 Å². The van der Waals surface area contributed by atoms with Gasteiger partial charge in [0.25, 0.3) is 11.5 Å². The number of aromatic amines is 1. The van der Waals surface area contributed by atoms with Gasteiger partial charge < -0.3 is 10.3 Å². The number of carbonyl (C=O) groups is 1. The number of carbonyl (C=O) groups excluding carboxylic acids is 1. The van der Waals surface area contributed by atoms with Gasteiger partial charge in [-0.2, -0.15) is 0 Å². The highest BCUT2D eigenvalue weighted by Crippen LogP contribution is 2.34. The van der Waals surface area contributed by atoms with Crippen LogP contribution in [0.1, 0.15) is 54.7 Å². The first kappa shape index (κ1) is 15.7. The van der Waals surface area contributed by atoms with E-state index in [-0.39, 0.29) is 17.3 Å². The largest absolute Gasteiger partial charge is 0.349 e. The molecular weight excluding hydrogens is 286 g/mol. The summed E-state index contributed by atoms with van der Waals surface area (Å²) in [7, 11) is 0. The maximum Gasteiger partial charge on any atom is 0.287 e. The van der Waals surface area contributed by atoms with Crippen molar-refractivity contribution in [2.75, 3.05) is 6.54 Å². The minimum Gasteiger partial charge on any atom is -0.349 e. The SMILES string of the molecule is CC.CCCNC(=O)c1nc2sc3c(c2c(=O)[nH]1)CCC3. The first-order valence-corrected chi connectivity index (χ1v) is 8.35. The van der Waals surface area contributed by atoms with Crippen LogP contribution in [0.15, 0.2) is 4.79 Å². The Morgan fingerprint density at radius 1 is 1.38 bits per heavy atom. The highest BCUT2D eigenvalue weighted by molar-refractivity contribution is 7.18.